The SMILES string of the molecule is CCCCCc1ccc(C(=O)N(CCOC)Cc2ccc(C)o2)cc1. The highest BCUT2D eigenvalue weighted by Gasteiger charge is 2.17. The van der Waals surface area contributed by atoms with Crippen molar-refractivity contribution in [1.82, 2.24) is 4.90 Å². The Balaban J connectivity index is 2.04. The lowest BCUT2D eigenvalue weighted by Crippen LogP contribution is -2.33. The lowest BCUT2D eigenvalue weighted by molar-refractivity contribution is 0.0666. The van der Waals surface area contributed by atoms with Gasteiger partial charge >= 0.3 is 0 Å². The topological polar surface area (TPSA) is 42.7 Å². The first-order valence-electron chi connectivity index (χ1n) is 9.06. The van der Waals surface area contributed by atoms with Crippen LogP contribution in [-0.2, 0) is 17.7 Å². The van der Waals surface area contributed by atoms with Gasteiger partial charge in [0.2, 0.25) is 0 Å². The summed E-state index contributed by atoms with van der Waals surface area (Å²) in [6, 6.07) is 11.8. The molecule has 0 saturated carbocycles. The third-order valence-corrected chi connectivity index (χ3v) is 4.27. The molecule has 0 fully saturated rings. The maximum Gasteiger partial charge on any atom is 0.254 e. The third kappa shape index (κ3) is 6.05. The number of furan rings is 1. The Labute approximate surface area is 150 Å². The van der Waals surface area contributed by atoms with Gasteiger partial charge in [-0.05, 0) is 49.6 Å². The molecule has 0 N–H and O–H groups in total. The maximum atomic E-state index is 12.9. The number of amides is 1. The van der Waals surface area contributed by atoms with Crippen LogP contribution in [0, 0.1) is 6.92 Å². The molecular formula is C21H29NO3. The van der Waals surface area contributed by atoms with Crippen LogP contribution in [0.3, 0.4) is 0 Å². The number of aryl methyl sites for hydroxylation is 2. The van der Waals surface area contributed by atoms with Crippen LogP contribution in [-0.4, -0.2) is 31.1 Å². The van der Waals surface area contributed by atoms with Crippen LogP contribution >= 0.6 is 0 Å². The number of methoxy groups -OCH3 is 1. The van der Waals surface area contributed by atoms with E-state index in [0.29, 0.717) is 25.3 Å². The van der Waals surface area contributed by atoms with Crippen LogP contribution in [0.15, 0.2) is 40.8 Å². The van der Waals surface area contributed by atoms with E-state index in [4.69, 9.17) is 9.15 Å². The minimum Gasteiger partial charge on any atom is -0.464 e. The minimum absolute atomic E-state index is 0.00575. The molecule has 2 rings (SSSR count). The predicted molar refractivity (Wildman–Crippen MR) is 99.7 cm³/mol. The van der Waals surface area contributed by atoms with Crippen molar-refractivity contribution in [1.29, 1.82) is 0 Å². The van der Waals surface area contributed by atoms with Crippen LogP contribution < -0.4 is 0 Å². The molecule has 0 aliphatic rings. The largest absolute Gasteiger partial charge is 0.464 e. The lowest BCUT2D eigenvalue weighted by Gasteiger charge is -2.21. The predicted octanol–water partition coefficient (Wildman–Crippen LogP) is 4.61. The summed E-state index contributed by atoms with van der Waals surface area (Å²) in [7, 11) is 1.64. The second-order valence-electron chi connectivity index (χ2n) is 6.39. The fourth-order valence-corrected chi connectivity index (χ4v) is 2.79. The molecule has 4 nitrogen and oxygen atoms in total. The number of benzene rings is 1. The van der Waals surface area contributed by atoms with Gasteiger partial charge in [0.15, 0.2) is 0 Å². The monoisotopic (exact) mass is 343 g/mol. The van der Waals surface area contributed by atoms with Crippen molar-refractivity contribution in [3.63, 3.8) is 0 Å². The van der Waals surface area contributed by atoms with Gasteiger partial charge in [-0.2, -0.15) is 0 Å². The normalized spacial score (nSPS) is 10.8. The average molecular weight is 343 g/mol. The lowest BCUT2D eigenvalue weighted by atomic mass is 10.0. The Hall–Kier alpha value is -2.07. The Bertz CT molecular complexity index is 645. The van der Waals surface area contributed by atoms with Gasteiger partial charge in [-0.3, -0.25) is 4.79 Å². The zero-order valence-electron chi connectivity index (χ0n) is 15.6. The van der Waals surface area contributed by atoms with E-state index in [1.54, 1.807) is 12.0 Å². The van der Waals surface area contributed by atoms with Crippen molar-refractivity contribution in [2.75, 3.05) is 20.3 Å². The molecule has 0 radical (unpaired) electrons. The summed E-state index contributed by atoms with van der Waals surface area (Å²) in [5.74, 6) is 1.65. The highest BCUT2D eigenvalue weighted by atomic mass is 16.5. The Morgan fingerprint density at radius 3 is 2.48 bits per heavy atom. The number of rotatable bonds is 10. The molecule has 4 heteroatoms. The quantitative estimate of drug-likeness (QED) is 0.592. The van der Waals surface area contributed by atoms with Gasteiger partial charge in [0.25, 0.3) is 5.91 Å². The summed E-state index contributed by atoms with van der Waals surface area (Å²) in [6.07, 6.45) is 4.73. The number of unbranched alkanes of at least 4 members (excludes halogenated alkanes) is 2. The van der Waals surface area contributed by atoms with Crippen molar-refractivity contribution in [2.24, 2.45) is 0 Å². The van der Waals surface area contributed by atoms with Gasteiger partial charge in [-0.15, -0.1) is 0 Å². The molecule has 0 atom stereocenters. The van der Waals surface area contributed by atoms with Gasteiger partial charge < -0.3 is 14.1 Å². The van der Waals surface area contributed by atoms with E-state index in [1.807, 2.05) is 31.2 Å². The Kier molecular flexibility index (Phi) is 7.74. The van der Waals surface area contributed by atoms with E-state index in [1.165, 1.54) is 24.8 Å². The highest BCUT2D eigenvalue weighted by Crippen LogP contribution is 2.14. The summed E-state index contributed by atoms with van der Waals surface area (Å²) < 4.78 is 10.8. The average Bonchev–Trinajstić information content (AvgIpc) is 3.04. The van der Waals surface area contributed by atoms with Gasteiger partial charge in [-0.1, -0.05) is 31.9 Å². The van der Waals surface area contributed by atoms with Crippen LogP contribution in [0.4, 0.5) is 0 Å². The van der Waals surface area contributed by atoms with E-state index in [2.05, 4.69) is 19.1 Å². The molecule has 0 unspecified atom stereocenters. The Morgan fingerprint density at radius 2 is 1.88 bits per heavy atom. The van der Waals surface area contributed by atoms with Crippen molar-refractivity contribution >= 4 is 5.91 Å². The fourth-order valence-electron chi connectivity index (χ4n) is 2.79. The molecule has 2 aromatic rings. The summed E-state index contributed by atoms with van der Waals surface area (Å²) >= 11 is 0. The molecule has 25 heavy (non-hydrogen) atoms. The first kappa shape index (κ1) is 19.3. The smallest absolute Gasteiger partial charge is 0.254 e. The summed E-state index contributed by atoms with van der Waals surface area (Å²) in [5.41, 5.74) is 1.99. The number of hydrogen-bond acceptors (Lipinski definition) is 3. The standard InChI is InChI=1S/C21H29NO3/c1-4-5-6-7-18-9-11-19(12-10-18)21(23)22(14-15-24-3)16-20-13-8-17(2)25-20/h8-13H,4-7,14-16H2,1-3H3. The van der Waals surface area contributed by atoms with Gasteiger partial charge in [0, 0.05) is 19.2 Å². The number of ether oxygens (including phenoxy) is 1. The van der Waals surface area contributed by atoms with Gasteiger partial charge in [0.05, 0.1) is 13.2 Å². The van der Waals surface area contributed by atoms with E-state index < -0.39 is 0 Å². The molecule has 0 bridgehead atoms. The number of hydrogen-bond donors (Lipinski definition) is 0. The molecule has 1 aromatic heterocycles. The van der Waals surface area contributed by atoms with E-state index in [-0.39, 0.29) is 5.91 Å². The maximum absolute atomic E-state index is 12.9. The van der Waals surface area contributed by atoms with Gasteiger partial charge in [0.1, 0.15) is 11.5 Å². The molecule has 1 aromatic carbocycles. The second-order valence-corrected chi connectivity index (χ2v) is 6.39. The number of carbonyl (C=O) groups excluding carboxylic acids is 1. The van der Waals surface area contributed by atoms with Crippen molar-refractivity contribution in [2.45, 2.75) is 46.1 Å². The zero-order valence-corrected chi connectivity index (χ0v) is 15.6. The van der Waals surface area contributed by atoms with Crippen LogP contribution in [0.25, 0.3) is 0 Å². The molecule has 0 saturated heterocycles. The van der Waals surface area contributed by atoms with E-state index >= 15 is 0 Å². The van der Waals surface area contributed by atoms with Crippen LogP contribution in [0.5, 0.6) is 0 Å². The third-order valence-electron chi connectivity index (χ3n) is 4.27. The molecule has 0 aliphatic heterocycles. The highest BCUT2D eigenvalue weighted by molar-refractivity contribution is 5.94. The van der Waals surface area contributed by atoms with Crippen molar-refractivity contribution in [3.05, 3.63) is 59.0 Å². The van der Waals surface area contributed by atoms with Crippen LogP contribution in [0.2, 0.25) is 0 Å². The van der Waals surface area contributed by atoms with Crippen molar-refractivity contribution in [3.8, 4) is 0 Å². The first-order chi connectivity index (χ1) is 12.1. The molecule has 1 heterocycles. The summed E-state index contributed by atoms with van der Waals surface area (Å²) in [4.78, 5) is 14.6. The minimum atomic E-state index is 0.00575. The number of carbonyl (C=O) groups is 1. The van der Waals surface area contributed by atoms with Crippen molar-refractivity contribution < 1.29 is 13.9 Å². The first-order valence-corrected chi connectivity index (χ1v) is 9.06. The fraction of sp³-hybridized carbons (Fsp3) is 0.476. The zero-order chi connectivity index (χ0) is 18.1. The molecule has 1 amide bonds. The second kappa shape index (κ2) is 10.0. The van der Waals surface area contributed by atoms with Gasteiger partial charge in [-0.25, -0.2) is 0 Å². The van der Waals surface area contributed by atoms with E-state index in [9.17, 15) is 4.79 Å². The summed E-state index contributed by atoms with van der Waals surface area (Å²) in [5, 5.41) is 0. The summed E-state index contributed by atoms with van der Waals surface area (Å²) in [6.45, 7) is 5.60. The Morgan fingerprint density at radius 1 is 1.12 bits per heavy atom. The number of nitrogens with zero attached hydrogens (tertiary/aromatic N) is 1. The molecule has 136 valence electrons. The van der Waals surface area contributed by atoms with E-state index in [0.717, 1.165) is 17.9 Å². The molecule has 0 aliphatic carbocycles. The molecular weight excluding hydrogens is 314 g/mol. The molecule has 0 spiro atoms. The van der Waals surface area contributed by atoms with Crippen LogP contribution in [0.1, 0.15) is 53.6 Å².